The molecule has 50 heavy (non-hydrogen) atoms. The summed E-state index contributed by atoms with van der Waals surface area (Å²) in [4.78, 5) is 50.7. The molecule has 3 heterocycles. The number of likely N-dealkylation sites (tertiary alicyclic amines) is 1. The molecule has 1 aliphatic heterocycles. The lowest BCUT2D eigenvalue weighted by Crippen LogP contribution is -2.45. The third kappa shape index (κ3) is 7.13. The van der Waals surface area contributed by atoms with Crippen LogP contribution in [-0.4, -0.2) is 61.2 Å². The van der Waals surface area contributed by atoms with Crippen LogP contribution in [0.25, 0.3) is 10.9 Å². The normalized spacial score (nSPS) is 15.3. The highest BCUT2D eigenvalue weighted by molar-refractivity contribution is 5.95. The third-order valence-electron chi connectivity index (χ3n) is 9.63. The van der Waals surface area contributed by atoms with Gasteiger partial charge in [0.2, 0.25) is 5.95 Å². The number of anilines is 2. The van der Waals surface area contributed by atoms with Gasteiger partial charge in [0, 0.05) is 67.3 Å². The lowest BCUT2D eigenvalue weighted by Gasteiger charge is -2.32. The molecule has 2 amide bonds. The quantitative estimate of drug-likeness (QED) is 0.194. The van der Waals surface area contributed by atoms with Crippen LogP contribution < -0.4 is 21.5 Å². The molecule has 3 aromatic carbocycles. The third-order valence-corrected chi connectivity index (χ3v) is 9.63. The number of amides is 2. The van der Waals surface area contributed by atoms with Gasteiger partial charge in [0.15, 0.2) is 11.6 Å². The van der Waals surface area contributed by atoms with E-state index in [-0.39, 0.29) is 30.6 Å². The maximum Gasteiger partial charge on any atom is 0.280 e. The van der Waals surface area contributed by atoms with Gasteiger partial charge in [-0.05, 0) is 92.3 Å². The highest BCUT2D eigenvalue weighted by Crippen LogP contribution is 2.29. The van der Waals surface area contributed by atoms with Crippen molar-refractivity contribution in [1.29, 1.82) is 0 Å². The molecule has 258 valence electrons. The van der Waals surface area contributed by atoms with E-state index >= 15 is 0 Å². The first-order valence-electron chi connectivity index (χ1n) is 16.8. The van der Waals surface area contributed by atoms with Gasteiger partial charge >= 0.3 is 0 Å². The van der Waals surface area contributed by atoms with Crippen molar-refractivity contribution in [3.05, 3.63) is 117 Å². The largest absolute Gasteiger partial charge is 0.349 e. The van der Waals surface area contributed by atoms with Crippen molar-refractivity contribution in [1.82, 2.24) is 34.9 Å². The van der Waals surface area contributed by atoms with Gasteiger partial charge in [-0.3, -0.25) is 19.1 Å². The van der Waals surface area contributed by atoms with E-state index in [0.29, 0.717) is 28.3 Å². The molecule has 1 aliphatic carbocycles. The zero-order valence-electron chi connectivity index (χ0n) is 27.9. The lowest BCUT2D eigenvalue weighted by atomic mass is 10.0. The first kappa shape index (κ1) is 33.1. The van der Waals surface area contributed by atoms with Gasteiger partial charge in [0.25, 0.3) is 17.4 Å². The van der Waals surface area contributed by atoms with Crippen LogP contribution in [0.1, 0.15) is 63.2 Å². The van der Waals surface area contributed by atoms with Crippen LogP contribution in [0, 0.1) is 18.6 Å². The zero-order valence-corrected chi connectivity index (χ0v) is 27.9. The van der Waals surface area contributed by atoms with E-state index in [1.54, 1.807) is 32.3 Å². The summed E-state index contributed by atoms with van der Waals surface area (Å²) in [5.74, 6) is -2.18. The highest BCUT2D eigenvalue weighted by atomic mass is 19.2. The second-order valence-electron chi connectivity index (χ2n) is 13.1. The van der Waals surface area contributed by atoms with Gasteiger partial charge in [-0.25, -0.2) is 23.4 Å². The summed E-state index contributed by atoms with van der Waals surface area (Å²) in [6.07, 6.45) is 6.27. The van der Waals surface area contributed by atoms with E-state index in [2.05, 4.69) is 30.8 Å². The minimum atomic E-state index is -1.01. The molecular weight excluding hydrogens is 642 g/mol. The van der Waals surface area contributed by atoms with E-state index in [1.807, 2.05) is 30.3 Å². The predicted octanol–water partition coefficient (Wildman–Crippen LogP) is 4.80. The number of nitrogens with zero attached hydrogens (tertiary/aromatic N) is 5. The molecular formula is C37H38F2N8O3. The molecule has 5 aromatic rings. The Kier molecular flexibility index (Phi) is 9.15. The number of carbonyl (C=O) groups is 2. The molecule has 2 aromatic heterocycles. The van der Waals surface area contributed by atoms with Crippen molar-refractivity contribution in [2.24, 2.45) is 7.05 Å². The monoisotopic (exact) mass is 680 g/mol. The maximum absolute atomic E-state index is 13.7. The van der Waals surface area contributed by atoms with Crippen molar-refractivity contribution >= 4 is 34.4 Å². The molecule has 2 fully saturated rings. The average Bonchev–Trinajstić information content (AvgIpc) is 3.94. The fourth-order valence-electron chi connectivity index (χ4n) is 6.49. The Morgan fingerprint density at radius 2 is 1.64 bits per heavy atom. The van der Waals surface area contributed by atoms with Crippen LogP contribution in [-0.2, 0) is 20.1 Å². The van der Waals surface area contributed by atoms with Gasteiger partial charge < -0.3 is 20.9 Å². The van der Waals surface area contributed by atoms with Crippen LogP contribution in [0.4, 0.5) is 20.4 Å². The van der Waals surface area contributed by atoms with Crippen molar-refractivity contribution in [2.45, 2.75) is 57.8 Å². The number of carbonyl (C=O) groups excluding carboxylic acids is 2. The smallest absolute Gasteiger partial charge is 0.280 e. The molecule has 0 atom stereocenters. The van der Waals surface area contributed by atoms with Crippen LogP contribution in [0.15, 0.2) is 71.7 Å². The summed E-state index contributed by atoms with van der Waals surface area (Å²) in [7, 11) is 1.63. The molecule has 7 rings (SSSR count). The Morgan fingerprint density at radius 1 is 0.900 bits per heavy atom. The zero-order chi connectivity index (χ0) is 34.9. The summed E-state index contributed by atoms with van der Waals surface area (Å²) in [6.45, 7) is 3.89. The molecule has 0 bridgehead atoms. The molecule has 3 N–H and O–H groups in total. The Labute approximate surface area is 287 Å². The highest BCUT2D eigenvalue weighted by Gasteiger charge is 2.32. The summed E-state index contributed by atoms with van der Waals surface area (Å²) >= 11 is 0. The second-order valence-corrected chi connectivity index (χ2v) is 13.1. The molecule has 11 nitrogen and oxygen atoms in total. The molecule has 0 spiro atoms. The van der Waals surface area contributed by atoms with Crippen molar-refractivity contribution in [3.63, 3.8) is 0 Å². The van der Waals surface area contributed by atoms with Gasteiger partial charge in [0.05, 0.1) is 12.1 Å². The Balaban J connectivity index is 0.944. The van der Waals surface area contributed by atoms with E-state index < -0.39 is 23.1 Å². The lowest BCUT2D eigenvalue weighted by molar-refractivity contribution is 0.0907. The summed E-state index contributed by atoms with van der Waals surface area (Å²) in [5, 5.41) is 9.95. The van der Waals surface area contributed by atoms with E-state index in [1.165, 1.54) is 28.3 Å². The summed E-state index contributed by atoms with van der Waals surface area (Å²) in [6, 6.07) is 17.2. The number of nitrogens with one attached hydrogen (secondary N) is 3. The van der Waals surface area contributed by atoms with Crippen molar-refractivity contribution in [2.75, 3.05) is 18.4 Å². The summed E-state index contributed by atoms with van der Waals surface area (Å²) < 4.78 is 29.9. The predicted molar refractivity (Wildman–Crippen MR) is 185 cm³/mol. The van der Waals surface area contributed by atoms with Gasteiger partial charge in [-0.15, -0.1) is 0 Å². The topological polar surface area (TPSA) is 126 Å². The van der Waals surface area contributed by atoms with Gasteiger partial charge in [0.1, 0.15) is 5.56 Å². The number of rotatable bonds is 10. The standard InChI is InChI=1S/C37H38F2N8O3/c1-22-33(36(50)47(45(22)2)21-24-3-11-30(38)31(39)18-24)35(49)40-19-23-4-12-32-26(17-23)20-41-37(44-32)43-27-7-5-25(6-8-27)34(48)42-28-13-15-46(16-14-28)29-9-10-29/h3-8,11-12,17-18,20,28-29H,9-10,13-16,19,21H2,1-2H3,(H,40,49)(H,42,48)(H,41,43,44). The van der Waals surface area contributed by atoms with Crippen LogP contribution in [0.2, 0.25) is 0 Å². The molecule has 0 radical (unpaired) electrons. The van der Waals surface area contributed by atoms with Gasteiger partial charge in [-0.1, -0.05) is 12.1 Å². The number of aromatic nitrogens is 4. The maximum atomic E-state index is 13.7. The Hall–Kier alpha value is -5.43. The fourth-order valence-corrected chi connectivity index (χ4v) is 6.49. The minimum Gasteiger partial charge on any atom is -0.349 e. The van der Waals surface area contributed by atoms with Gasteiger partial charge in [-0.2, -0.15) is 0 Å². The SMILES string of the molecule is Cc1c(C(=O)NCc2ccc3nc(Nc4ccc(C(=O)NC5CCN(C6CC6)CC5)cc4)ncc3c2)c(=O)n(Cc2ccc(F)c(F)c2)n1C. The van der Waals surface area contributed by atoms with Crippen LogP contribution >= 0.6 is 0 Å². The van der Waals surface area contributed by atoms with E-state index in [4.69, 9.17) is 0 Å². The molecule has 13 heteroatoms. The van der Waals surface area contributed by atoms with E-state index in [0.717, 1.165) is 60.7 Å². The average molecular weight is 681 g/mol. The number of hydrogen-bond acceptors (Lipinski definition) is 7. The molecule has 1 saturated carbocycles. The number of halogens is 2. The summed E-state index contributed by atoms with van der Waals surface area (Å²) in [5.41, 5.74) is 3.12. The molecule has 2 aliphatic rings. The molecule has 0 unspecified atom stereocenters. The molecule has 1 saturated heterocycles. The Bertz CT molecular complexity index is 2130. The number of hydrogen-bond donors (Lipinski definition) is 3. The van der Waals surface area contributed by atoms with Crippen LogP contribution in [0.3, 0.4) is 0 Å². The van der Waals surface area contributed by atoms with Crippen molar-refractivity contribution in [3.8, 4) is 0 Å². The minimum absolute atomic E-state index is 0.0204. The Morgan fingerprint density at radius 3 is 2.36 bits per heavy atom. The first-order valence-corrected chi connectivity index (χ1v) is 16.8. The first-order chi connectivity index (χ1) is 24.1. The number of fused-ring (bicyclic) bond motifs is 1. The van der Waals surface area contributed by atoms with Crippen molar-refractivity contribution < 1.29 is 18.4 Å². The number of piperidine rings is 1. The number of benzene rings is 3. The van der Waals surface area contributed by atoms with Crippen LogP contribution in [0.5, 0.6) is 0 Å². The van der Waals surface area contributed by atoms with E-state index in [9.17, 15) is 23.2 Å². The fraction of sp³-hybridized carbons (Fsp3) is 0.324. The second kappa shape index (κ2) is 13.8.